The SMILES string of the molecule is COc1cc(NC(=O)c2ccccc2C(F)(F)F)ccc1-c1ccc2c(c1COc1cc(F)ccc1C)N(C)C(=O)C(C)(C)N2. The van der Waals surface area contributed by atoms with E-state index in [0.29, 0.717) is 39.6 Å². The number of alkyl halides is 3. The van der Waals surface area contributed by atoms with E-state index in [1.807, 2.05) is 12.1 Å². The maximum Gasteiger partial charge on any atom is 0.417 e. The summed E-state index contributed by atoms with van der Waals surface area (Å²) < 4.78 is 66.4. The highest BCUT2D eigenvalue weighted by Crippen LogP contribution is 2.45. The van der Waals surface area contributed by atoms with Crippen LogP contribution >= 0.6 is 0 Å². The number of likely N-dealkylation sites (N-methyl/N-ethyl adjacent to an activating group) is 1. The predicted octanol–water partition coefficient (Wildman–Crippen LogP) is 7.83. The third-order valence-corrected chi connectivity index (χ3v) is 7.65. The van der Waals surface area contributed by atoms with Gasteiger partial charge in [-0.05, 0) is 68.3 Å². The molecule has 2 N–H and O–H groups in total. The molecule has 0 aliphatic carbocycles. The minimum atomic E-state index is -4.71. The molecule has 5 rings (SSSR count). The van der Waals surface area contributed by atoms with Crippen LogP contribution in [0.3, 0.4) is 0 Å². The molecule has 0 atom stereocenters. The minimum Gasteiger partial charge on any atom is -0.496 e. The molecule has 1 aliphatic heterocycles. The van der Waals surface area contributed by atoms with Gasteiger partial charge in [-0.3, -0.25) is 9.59 Å². The van der Waals surface area contributed by atoms with Crippen LogP contribution in [0.5, 0.6) is 11.5 Å². The van der Waals surface area contributed by atoms with Crippen molar-refractivity contribution in [1.29, 1.82) is 0 Å². The van der Waals surface area contributed by atoms with Gasteiger partial charge in [0, 0.05) is 36.0 Å². The van der Waals surface area contributed by atoms with Crippen molar-refractivity contribution >= 4 is 28.9 Å². The Kier molecular flexibility index (Phi) is 8.22. The van der Waals surface area contributed by atoms with Gasteiger partial charge in [-0.25, -0.2) is 4.39 Å². The Bertz CT molecular complexity index is 1800. The van der Waals surface area contributed by atoms with Crippen LogP contribution in [0, 0.1) is 12.7 Å². The fourth-order valence-electron chi connectivity index (χ4n) is 5.43. The summed E-state index contributed by atoms with van der Waals surface area (Å²) in [4.78, 5) is 27.7. The van der Waals surface area contributed by atoms with Crippen LogP contribution in [0.15, 0.2) is 72.8 Å². The van der Waals surface area contributed by atoms with Crippen molar-refractivity contribution in [3.63, 3.8) is 0 Å². The number of aryl methyl sites for hydroxylation is 1. The summed E-state index contributed by atoms with van der Waals surface area (Å²) in [5.74, 6) is -0.933. The summed E-state index contributed by atoms with van der Waals surface area (Å²) in [6, 6.07) is 17.1. The summed E-state index contributed by atoms with van der Waals surface area (Å²) in [7, 11) is 3.09. The first-order chi connectivity index (χ1) is 21.2. The normalized spacial score (nSPS) is 14.0. The lowest BCUT2D eigenvalue weighted by Crippen LogP contribution is -2.52. The lowest BCUT2D eigenvalue weighted by Gasteiger charge is -2.39. The van der Waals surface area contributed by atoms with E-state index in [0.717, 1.165) is 17.7 Å². The van der Waals surface area contributed by atoms with E-state index in [9.17, 15) is 27.2 Å². The Labute approximate surface area is 257 Å². The van der Waals surface area contributed by atoms with Gasteiger partial charge in [-0.2, -0.15) is 13.2 Å². The number of fused-ring (bicyclic) bond motifs is 1. The molecule has 0 fully saturated rings. The van der Waals surface area contributed by atoms with E-state index in [1.165, 1.54) is 37.4 Å². The second-order valence-electron chi connectivity index (χ2n) is 11.2. The number of ether oxygens (including phenoxy) is 2. The van der Waals surface area contributed by atoms with Crippen LogP contribution in [0.2, 0.25) is 0 Å². The number of benzene rings is 4. The van der Waals surface area contributed by atoms with E-state index in [-0.39, 0.29) is 18.2 Å². The maximum atomic E-state index is 14.1. The van der Waals surface area contributed by atoms with E-state index in [4.69, 9.17) is 9.47 Å². The number of methoxy groups -OCH3 is 1. The zero-order valence-electron chi connectivity index (χ0n) is 25.2. The molecule has 234 valence electrons. The number of amides is 2. The molecule has 0 saturated carbocycles. The number of carbonyl (C=O) groups is 2. The number of nitrogens with one attached hydrogen (secondary N) is 2. The zero-order valence-corrected chi connectivity index (χ0v) is 25.2. The van der Waals surface area contributed by atoms with Gasteiger partial charge in [-0.1, -0.05) is 24.3 Å². The number of hydrogen-bond donors (Lipinski definition) is 2. The van der Waals surface area contributed by atoms with Crippen molar-refractivity contribution in [1.82, 2.24) is 0 Å². The highest BCUT2D eigenvalue weighted by atomic mass is 19.4. The molecule has 45 heavy (non-hydrogen) atoms. The number of anilines is 3. The van der Waals surface area contributed by atoms with Crippen LogP contribution in [-0.2, 0) is 17.6 Å². The van der Waals surface area contributed by atoms with Gasteiger partial charge in [0.25, 0.3) is 11.8 Å². The van der Waals surface area contributed by atoms with Gasteiger partial charge >= 0.3 is 6.18 Å². The molecule has 0 unspecified atom stereocenters. The van der Waals surface area contributed by atoms with E-state index in [1.54, 1.807) is 50.9 Å². The Balaban J connectivity index is 1.57. The first-order valence-corrected chi connectivity index (χ1v) is 14.0. The molecule has 1 heterocycles. The standard InChI is InChI=1S/C34H31F4N3O4/c1-19-10-11-20(35)16-28(19)45-18-25-22(14-15-27-30(25)41(4)32(43)33(2,3)40-27)23-13-12-21(17-29(23)44-5)39-31(42)24-8-6-7-9-26(24)34(36,37)38/h6-17,40H,18H2,1-5H3,(H,39,42). The second kappa shape index (κ2) is 11.8. The van der Waals surface area contributed by atoms with Gasteiger partial charge in [0.15, 0.2) is 0 Å². The fraction of sp³-hybridized carbons (Fsp3) is 0.235. The maximum absolute atomic E-state index is 14.1. The van der Waals surface area contributed by atoms with E-state index >= 15 is 0 Å². The van der Waals surface area contributed by atoms with Crippen LogP contribution in [-0.4, -0.2) is 31.5 Å². The molecule has 4 aromatic carbocycles. The van der Waals surface area contributed by atoms with Crippen LogP contribution in [0.4, 0.5) is 34.6 Å². The van der Waals surface area contributed by atoms with Crippen molar-refractivity contribution in [2.75, 3.05) is 29.7 Å². The average Bonchev–Trinajstić information content (AvgIpc) is 2.99. The molecule has 11 heteroatoms. The number of rotatable bonds is 7. The van der Waals surface area contributed by atoms with Crippen LogP contribution in [0.1, 0.15) is 40.9 Å². The van der Waals surface area contributed by atoms with Gasteiger partial charge in [0.2, 0.25) is 0 Å². The van der Waals surface area contributed by atoms with Crippen molar-refractivity contribution < 1.29 is 36.6 Å². The average molecular weight is 622 g/mol. The minimum absolute atomic E-state index is 0.0433. The molecule has 0 spiro atoms. The Morgan fingerprint density at radius 2 is 1.69 bits per heavy atom. The molecule has 4 aromatic rings. The number of halogens is 4. The van der Waals surface area contributed by atoms with Gasteiger partial charge in [-0.15, -0.1) is 0 Å². The van der Waals surface area contributed by atoms with Gasteiger partial charge in [0.1, 0.15) is 29.5 Å². The third-order valence-electron chi connectivity index (χ3n) is 7.65. The van der Waals surface area contributed by atoms with E-state index < -0.39 is 34.6 Å². The molecule has 0 saturated heterocycles. The highest BCUT2D eigenvalue weighted by Gasteiger charge is 2.39. The van der Waals surface area contributed by atoms with Gasteiger partial charge < -0.3 is 25.0 Å². The van der Waals surface area contributed by atoms with Crippen molar-refractivity contribution in [2.24, 2.45) is 0 Å². The highest BCUT2D eigenvalue weighted by molar-refractivity contribution is 6.09. The number of carbonyl (C=O) groups excluding carboxylic acids is 2. The summed E-state index contributed by atoms with van der Waals surface area (Å²) in [6.45, 7) is 5.30. The first-order valence-electron chi connectivity index (χ1n) is 14.0. The first kappa shape index (κ1) is 31.4. The monoisotopic (exact) mass is 621 g/mol. The molecule has 0 bridgehead atoms. The van der Waals surface area contributed by atoms with Crippen LogP contribution < -0.4 is 25.0 Å². The van der Waals surface area contributed by atoms with E-state index in [2.05, 4.69) is 10.6 Å². The molecular weight excluding hydrogens is 590 g/mol. The van der Waals surface area contributed by atoms with Gasteiger partial charge in [0.05, 0.1) is 29.6 Å². The molecule has 7 nitrogen and oxygen atoms in total. The fourth-order valence-corrected chi connectivity index (χ4v) is 5.43. The zero-order chi connectivity index (χ0) is 32.7. The smallest absolute Gasteiger partial charge is 0.417 e. The summed E-state index contributed by atoms with van der Waals surface area (Å²) in [6.07, 6.45) is -4.71. The predicted molar refractivity (Wildman–Crippen MR) is 164 cm³/mol. The largest absolute Gasteiger partial charge is 0.496 e. The lowest BCUT2D eigenvalue weighted by molar-refractivity contribution is -0.137. The Morgan fingerprint density at radius 1 is 0.978 bits per heavy atom. The lowest BCUT2D eigenvalue weighted by atomic mass is 9.91. The Hall–Kier alpha value is -5.06. The quantitative estimate of drug-likeness (QED) is 0.206. The van der Waals surface area contributed by atoms with Crippen LogP contribution in [0.25, 0.3) is 11.1 Å². The second-order valence-corrected chi connectivity index (χ2v) is 11.2. The van der Waals surface area contributed by atoms with Crippen molar-refractivity contribution in [3.8, 4) is 22.6 Å². The van der Waals surface area contributed by atoms with Crippen molar-refractivity contribution in [3.05, 3.63) is 101 Å². The molecule has 2 amide bonds. The third kappa shape index (κ3) is 6.15. The number of hydrogen-bond acceptors (Lipinski definition) is 5. The summed E-state index contributed by atoms with van der Waals surface area (Å²) in [5, 5.41) is 5.81. The summed E-state index contributed by atoms with van der Waals surface area (Å²) in [5.41, 5.74) is 1.53. The Morgan fingerprint density at radius 3 is 2.40 bits per heavy atom. The van der Waals surface area contributed by atoms with Crippen molar-refractivity contribution in [2.45, 2.75) is 39.1 Å². The molecule has 1 aliphatic rings. The molecule has 0 aromatic heterocycles. The number of nitrogens with zero attached hydrogens (tertiary/aromatic N) is 1. The topological polar surface area (TPSA) is 79.9 Å². The summed E-state index contributed by atoms with van der Waals surface area (Å²) >= 11 is 0. The molecule has 0 radical (unpaired) electrons. The molecular formula is C34H31F4N3O4.